The summed E-state index contributed by atoms with van der Waals surface area (Å²) in [7, 11) is -4.55. The molecule has 6 nitrogen and oxygen atoms in total. The second-order valence-corrected chi connectivity index (χ2v) is 3.78. The number of nitrogens with two attached hydrogens (primary N) is 1. The highest BCUT2D eigenvalue weighted by molar-refractivity contribution is 7.46. The van der Waals surface area contributed by atoms with Crippen LogP contribution in [0, 0.1) is 0 Å². The minimum Gasteiger partial charge on any atom is -0.319 e. The van der Waals surface area contributed by atoms with E-state index in [4.69, 9.17) is 15.5 Å². The molecule has 0 aliphatic carbocycles. The van der Waals surface area contributed by atoms with Gasteiger partial charge >= 0.3 is 7.82 Å². The van der Waals surface area contributed by atoms with Crippen LogP contribution < -0.4 is 5.73 Å². The van der Waals surface area contributed by atoms with Crippen LogP contribution in [0.4, 0.5) is 0 Å². The molecule has 0 bridgehead atoms. The van der Waals surface area contributed by atoms with Crippen molar-refractivity contribution in [2.75, 3.05) is 6.61 Å². The van der Waals surface area contributed by atoms with Gasteiger partial charge in [0.15, 0.2) is 5.78 Å². The number of Topliss-reactive ketones (excluding diaryl/α,β-unsaturated/α-hetero) is 1. The average molecular weight is 209 g/mol. The van der Waals surface area contributed by atoms with Crippen LogP contribution in [0.15, 0.2) is 12.2 Å². The van der Waals surface area contributed by atoms with Gasteiger partial charge in [0.25, 0.3) is 0 Å². The first kappa shape index (κ1) is 12.5. The van der Waals surface area contributed by atoms with Gasteiger partial charge in [-0.2, -0.15) is 0 Å². The number of hydrogen-bond donors (Lipinski definition) is 3. The summed E-state index contributed by atoms with van der Waals surface area (Å²) >= 11 is 0. The molecule has 7 heteroatoms. The van der Waals surface area contributed by atoms with Crippen molar-refractivity contribution in [2.24, 2.45) is 5.73 Å². The third-order valence-electron chi connectivity index (χ3n) is 1.18. The SMILES string of the molecule is C=C(C)C(=O)C(N)COP(=O)(O)O. The van der Waals surface area contributed by atoms with E-state index >= 15 is 0 Å². The number of carbonyl (C=O) groups excluding carboxylic acids is 1. The molecule has 1 unspecified atom stereocenters. The minimum atomic E-state index is -4.55. The van der Waals surface area contributed by atoms with Gasteiger partial charge in [0.05, 0.1) is 12.6 Å². The maximum Gasteiger partial charge on any atom is 0.469 e. The van der Waals surface area contributed by atoms with E-state index in [1.54, 1.807) is 0 Å². The number of hydrogen-bond acceptors (Lipinski definition) is 4. The normalized spacial score (nSPS) is 13.8. The molecule has 0 aromatic heterocycles. The molecule has 0 saturated heterocycles. The van der Waals surface area contributed by atoms with Gasteiger partial charge in [0, 0.05) is 0 Å². The van der Waals surface area contributed by atoms with Crippen molar-refractivity contribution >= 4 is 13.6 Å². The van der Waals surface area contributed by atoms with Crippen LogP contribution in [0.25, 0.3) is 0 Å². The molecular formula is C6H12NO5P. The summed E-state index contributed by atoms with van der Waals surface area (Å²) in [5.74, 6) is -0.478. The third-order valence-corrected chi connectivity index (χ3v) is 1.67. The zero-order valence-electron chi connectivity index (χ0n) is 7.14. The van der Waals surface area contributed by atoms with Gasteiger partial charge in [0.1, 0.15) is 0 Å². The van der Waals surface area contributed by atoms with Crippen molar-refractivity contribution in [2.45, 2.75) is 13.0 Å². The van der Waals surface area contributed by atoms with E-state index in [0.29, 0.717) is 0 Å². The maximum absolute atomic E-state index is 11.0. The number of carbonyl (C=O) groups is 1. The van der Waals surface area contributed by atoms with E-state index in [9.17, 15) is 9.36 Å². The van der Waals surface area contributed by atoms with Crippen molar-refractivity contribution in [3.05, 3.63) is 12.2 Å². The molecule has 0 aliphatic heterocycles. The molecule has 0 fully saturated rings. The summed E-state index contributed by atoms with van der Waals surface area (Å²) in [6.45, 7) is 4.28. The monoisotopic (exact) mass is 209 g/mol. The first-order valence-corrected chi connectivity index (χ1v) is 4.92. The van der Waals surface area contributed by atoms with Gasteiger partial charge in [-0.15, -0.1) is 0 Å². The van der Waals surface area contributed by atoms with Crippen molar-refractivity contribution in [3.63, 3.8) is 0 Å². The van der Waals surface area contributed by atoms with Crippen LogP contribution in [-0.4, -0.2) is 28.2 Å². The van der Waals surface area contributed by atoms with E-state index in [-0.39, 0.29) is 5.57 Å². The van der Waals surface area contributed by atoms with Gasteiger partial charge < -0.3 is 15.5 Å². The van der Waals surface area contributed by atoms with Crippen molar-refractivity contribution in [1.29, 1.82) is 0 Å². The van der Waals surface area contributed by atoms with Gasteiger partial charge in [-0.05, 0) is 12.5 Å². The molecule has 0 heterocycles. The lowest BCUT2D eigenvalue weighted by molar-refractivity contribution is -0.117. The predicted molar refractivity (Wildman–Crippen MR) is 45.8 cm³/mol. The highest BCUT2D eigenvalue weighted by Gasteiger charge is 2.20. The molecule has 0 radical (unpaired) electrons. The molecule has 0 saturated carbocycles. The molecule has 0 aromatic carbocycles. The van der Waals surface area contributed by atoms with Crippen molar-refractivity contribution in [1.82, 2.24) is 0 Å². The van der Waals surface area contributed by atoms with E-state index in [0.717, 1.165) is 0 Å². The third kappa shape index (κ3) is 5.68. The highest BCUT2D eigenvalue weighted by atomic mass is 31.2. The number of phosphoric ester groups is 1. The van der Waals surface area contributed by atoms with Crippen LogP contribution in [-0.2, 0) is 13.9 Å². The summed E-state index contributed by atoms with van der Waals surface area (Å²) in [5.41, 5.74) is 5.47. The van der Waals surface area contributed by atoms with Gasteiger partial charge in [-0.25, -0.2) is 4.57 Å². The van der Waals surface area contributed by atoms with Crippen molar-refractivity contribution in [3.8, 4) is 0 Å². The topological polar surface area (TPSA) is 110 Å². The molecule has 0 amide bonds. The molecule has 0 aliphatic rings. The van der Waals surface area contributed by atoms with Crippen molar-refractivity contribution < 1.29 is 23.7 Å². The fraction of sp³-hybridized carbons (Fsp3) is 0.500. The molecule has 1 atom stereocenters. The van der Waals surface area contributed by atoms with E-state index in [2.05, 4.69) is 11.1 Å². The molecule has 0 aromatic rings. The van der Waals surface area contributed by atoms with Crippen LogP contribution >= 0.6 is 7.82 Å². The largest absolute Gasteiger partial charge is 0.469 e. The quantitative estimate of drug-likeness (QED) is 0.418. The van der Waals surface area contributed by atoms with Gasteiger partial charge in [-0.1, -0.05) is 6.58 Å². The number of phosphoric acid groups is 1. The lowest BCUT2D eigenvalue weighted by Crippen LogP contribution is -2.35. The summed E-state index contributed by atoms with van der Waals surface area (Å²) in [4.78, 5) is 27.6. The molecule has 0 spiro atoms. The van der Waals surface area contributed by atoms with Crippen LogP contribution in [0.5, 0.6) is 0 Å². The Hall–Kier alpha value is -0.520. The Morgan fingerprint density at radius 1 is 1.69 bits per heavy atom. The average Bonchev–Trinajstić information content (AvgIpc) is 1.97. The summed E-state index contributed by atoms with van der Waals surface area (Å²) in [5, 5.41) is 0. The Balaban J connectivity index is 4.03. The zero-order valence-corrected chi connectivity index (χ0v) is 8.03. The summed E-state index contributed by atoms with van der Waals surface area (Å²) in [6, 6.07) is -1.08. The maximum atomic E-state index is 11.0. The second-order valence-electron chi connectivity index (χ2n) is 2.54. The van der Waals surface area contributed by atoms with Crippen LogP contribution in [0.2, 0.25) is 0 Å². The standard InChI is InChI=1S/C6H12NO5P/c1-4(2)6(8)5(7)3-12-13(9,10)11/h5H,1,3,7H2,2H3,(H2,9,10,11). The molecular weight excluding hydrogens is 197 g/mol. The Morgan fingerprint density at radius 3 is 2.46 bits per heavy atom. The molecule has 0 rings (SSSR count). The lowest BCUT2D eigenvalue weighted by Gasteiger charge is -2.10. The first-order valence-electron chi connectivity index (χ1n) is 3.39. The molecule has 4 N–H and O–H groups in total. The Labute approximate surface area is 75.6 Å². The van der Waals surface area contributed by atoms with Crippen LogP contribution in [0.3, 0.4) is 0 Å². The lowest BCUT2D eigenvalue weighted by atomic mass is 10.1. The van der Waals surface area contributed by atoms with E-state index in [1.165, 1.54) is 6.92 Å². The Morgan fingerprint density at radius 2 is 2.15 bits per heavy atom. The van der Waals surface area contributed by atoms with Crippen LogP contribution in [0.1, 0.15) is 6.92 Å². The number of rotatable bonds is 5. The minimum absolute atomic E-state index is 0.224. The van der Waals surface area contributed by atoms with Gasteiger partial charge in [0.2, 0.25) is 0 Å². The van der Waals surface area contributed by atoms with E-state index in [1.807, 2.05) is 0 Å². The smallest absolute Gasteiger partial charge is 0.319 e. The summed E-state index contributed by atoms with van der Waals surface area (Å²) in [6.07, 6.45) is 0. The first-order chi connectivity index (χ1) is 5.74. The fourth-order valence-electron chi connectivity index (χ4n) is 0.570. The summed E-state index contributed by atoms with van der Waals surface area (Å²) < 4.78 is 14.3. The Kier molecular flexibility index (Phi) is 4.46. The fourth-order valence-corrected chi connectivity index (χ4v) is 0.924. The zero-order chi connectivity index (χ0) is 10.6. The number of ketones is 1. The molecule has 76 valence electrons. The predicted octanol–water partition coefficient (Wildman–Crippen LogP) is -0.432. The van der Waals surface area contributed by atoms with Gasteiger partial charge in [-0.3, -0.25) is 9.32 Å². The highest BCUT2D eigenvalue weighted by Crippen LogP contribution is 2.35. The van der Waals surface area contributed by atoms with E-state index < -0.39 is 26.3 Å². The second kappa shape index (κ2) is 4.64. The Bertz CT molecular complexity index is 258. The molecule has 13 heavy (non-hydrogen) atoms.